The van der Waals surface area contributed by atoms with E-state index in [0.29, 0.717) is 18.3 Å². The molecule has 142 valence electrons. The average Bonchev–Trinajstić information content (AvgIpc) is 2.93. The lowest BCUT2D eigenvalue weighted by molar-refractivity contribution is -0.125. The van der Waals surface area contributed by atoms with Crippen molar-refractivity contribution in [2.75, 3.05) is 6.61 Å². The first-order valence-corrected chi connectivity index (χ1v) is 10.3. The largest absolute Gasteiger partial charge is 0.377 e. The zero-order valence-electron chi connectivity index (χ0n) is 16.9. The van der Waals surface area contributed by atoms with E-state index in [1.54, 1.807) is 0 Å². The molecule has 2 heteroatoms. The van der Waals surface area contributed by atoms with Gasteiger partial charge in [-0.2, -0.15) is 0 Å². The minimum absolute atomic E-state index is 0.0848. The molecular formula is C24H34O2. The number of benzene rings is 1. The van der Waals surface area contributed by atoms with Crippen LogP contribution in [0, 0.1) is 16.7 Å². The summed E-state index contributed by atoms with van der Waals surface area (Å²) in [5.41, 5.74) is 3.29. The molecule has 26 heavy (non-hydrogen) atoms. The third kappa shape index (κ3) is 3.41. The molecular weight excluding hydrogens is 320 g/mol. The normalized spacial score (nSPS) is 28.2. The zero-order valence-corrected chi connectivity index (χ0v) is 16.9. The molecule has 2 unspecified atom stereocenters. The second-order valence-corrected chi connectivity index (χ2v) is 8.93. The molecule has 2 saturated carbocycles. The Morgan fingerprint density at radius 3 is 2.46 bits per heavy atom. The number of rotatable bonds is 8. The van der Waals surface area contributed by atoms with Gasteiger partial charge in [0.15, 0.2) is 5.78 Å². The van der Waals surface area contributed by atoms with Gasteiger partial charge < -0.3 is 4.74 Å². The first kappa shape index (κ1) is 19.4. The molecule has 0 amide bonds. The number of carbonyl (C=O) groups excluding carboxylic acids is 1. The fourth-order valence-electron chi connectivity index (χ4n) is 4.80. The maximum atomic E-state index is 12.9. The molecule has 2 fully saturated rings. The van der Waals surface area contributed by atoms with Crippen molar-refractivity contribution in [2.45, 2.75) is 72.8 Å². The van der Waals surface area contributed by atoms with Gasteiger partial charge in [0.1, 0.15) is 0 Å². The Hall–Kier alpha value is -1.41. The molecule has 0 saturated heterocycles. The summed E-state index contributed by atoms with van der Waals surface area (Å²) in [5, 5.41) is 0. The zero-order chi connectivity index (χ0) is 18.8. The van der Waals surface area contributed by atoms with Gasteiger partial charge in [-0.1, -0.05) is 71.2 Å². The van der Waals surface area contributed by atoms with Gasteiger partial charge in [0.2, 0.25) is 0 Å². The highest BCUT2D eigenvalue weighted by Gasteiger charge is 2.63. The number of allylic oxidation sites excluding steroid dienone is 1. The predicted molar refractivity (Wildman–Crippen MR) is 108 cm³/mol. The fourth-order valence-corrected chi connectivity index (χ4v) is 4.80. The van der Waals surface area contributed by atoms with Crippen molar-refractivity contribution in [3.05, 3.63) is 41.0 Å². The first-order chi connectivity index (χ1) is 12.4. The van der Waals surface area contributed by atoms with Crippen molar-refractivity contribution in [3.8, 4) is 0 Å². The Morgan fingerprint density at radius 1 is 1.12 bits per heavy atom. The molecule has 3 rings (SSSR count). The molecule has 2 atom stereocenters. The van der Waals surface area contributed by atoms with E-state index in [1.165, 1.54) is 24.8 Å². The highest BCUT2D eigenvalue weighted by molar-refractivity contribution is 6.07. The van der Waals surface area contributed by atoms with Gasteiger partial charge in [-0.3, -0.25) is 4.79 Å². The Morgan fingerprint density at radius 2 is 1.85 bits per heavy atom. The van der Waals surface area contributed by atoms with Gasteiger partial charge in [0.05, 0.1) is 6.61 Å². The summed E-state index contributed by atoms with van der Waals surface area (Å²) in [4.78, 5) is 12.9. The van der Waals surface area contributed by atoms with Gasteiger partial charge in [-0.15, -0.1) is 0 Å². The average molecular weight is 355 g/mol. The minimum atomic E-state index is -0.172. The maximum absolute atomic E-state index is 12.9. The van der Waals surface area contributed by atoms with E-state index in [-0.39, 0.29) is 10.8 Å². The van der Waals surface area contributed by atoms with Crippen LogP contribution in [0.2, 0.25) is 0 Å². The summed E-state index contributed by atoms with van der Waals surface area (Å²) in [6.45, 7) is 10.4. The number of fused-ring (bicyclic) bond motifs is 2. The molecule has 2 bridgehead atoms. The molecule has 0 spiro atoms. The third-order valence-electron chi connectivity index (χ3n) is 7.08. The second kappa shape index (κ2) is 7.68. The topological polar surface area (TPSA) is 26.3 Å². The molecule has 0 radical (unpaired) electrons. The van der Waals surface area contributed by atoms with Crippen molar-refractivity contribution >= 4 is 11.9 Å². The van der Waals surface area contributed by atoms with E-state index < -0.39 is 0 Å². The lowest BCUT2D eigenvalue weighted by Crippen LogP contribution is -2.32. The summed E-state index contributed by atoms with van der Waals surface area (Å²) in [6, 6.07) is 8.50. The van der Waals surface area contributed by atoms with E-state index in [1.807, 2.05) is 0 Å². The highest BCUT2D eigenvalue weighted by Crippen LogP contribution is 2.65. The van der Waals surface area contributed by atoms with Crippen molar-refractivity contribution in [2.24, 2.45) is 16.7 Å². The molecule has 2 nitrogen and oxygen atoms in total. The summed E-state index contributed by atoms with van der Waals surface area (Å²) in [6.07, 6.45) is 9.28. The Balaban J connectivity index is 1.60. The Labute approximate surface area is 159 Å². The summed E-state index contributed by atoms with van der Waals surface area (Å²) in [5.74, 6) is 0.782. The predicted octanol–water partition coefficient (Wildman–Crippen LogP) is 6.19. The van der Waals surface area contributed by atoms with E-state index in [9.17, 15) is 4.79 Å². The maximum Gasteiger partial charge on any atom is 0.165 e. The third-order valence-corrected chi connectivity index (χ3v) is 7.08. The lowest BCUT2D eigenvalue weighted by Gasteiger charge is -2.31. The fraction of sp³-hybridized carbons (Fsp3) is 0.625. The van der Waals surface area contributed by atoms with Crippen molar-refractivity contribution in [1.29, 1.82) is 0 Å². The Bertz CT molecular complexity index is 668. The summed E-state index contributed by atoms with van der Waals surface area (Å²) in [7, 11) is 0. The molecule has 2 aliphatic rings. The number of ketones is 1. The molecule has 0 N–H and O–H groups in total. The first-order valence-electron chi connectivity index (χ1n) is 10.3. The van der Waals surface area contributed by atoms with Crippen LogP contribution in [0.25, 0.3) is 6.08 Å². The SMILES string of the molecule is CCCCCCOCc1ccc(/C=C2\C(=O)C3(C)CCC2C3(C)C)cc1. The van der Waals surface area contributed by atoms with E-state index in [0.717, 1.165) is 37.0 Å². The van der Waals surface area contributed by atoms with Crippen molar-refractivity contribution in [1.82, 2.24) is 0 Å². The number of ether oxygens (including phenoxy) is 1. The molecule has 2 aliphatic carbocycles. The van der Waals surface area contributed by atoms with E-state index in [2.05, 4.69) is 58.0 Å². The van der Waals surface area contributed by atoms with Gasteiger partial charge in [0.25, 0.3) is 0 Å². The van der Waals surface area contributed by atoms with E-state index >= 15 is 0 Å². The number of Topliss-reactive ketones (excluding diaryl/α,β-unsaturated/α-hetero) is 1. The van der Waals surface area contributed by atoms with Crippen LogP contribution >= 0.6 is 0 Å². The van der Waals surface area contributed by atoms with Gasteiger partial charge in [-0.05, 0) is 53.4 Å². The number of hydrogen-bond donors (Lipinski definition) is 0. The van der Waals surface area contributed by atoms with Gasteiger partial charge in [0, 0.05) is 12.0 Å². The monoisotopic (exact) mass is 354 g/mol. The van der Waals surface area contributed by atoms with Crippen LogP contribution in [0.4, 0.5) is 0 Å². The second-order valence-electron chi connectivity index (χ2n) is 8.93. The summed E-state index contributed by atoms with van der Waals surface area (Å²) >= 11 is 0. The van der Waals surface area contributed by atoms with Crippen LogP contribution in [0.15, 0.2) is 29.8 Å². The smallest absolute Gasteiger partial charge is 0.165 e. The quantitative estimate of drug-likeness (QED) is 0.411. The van der Waals surface area contributed by atoms with Crippen LogP contribution in [-0.4, -0.2) is 12.4 Å². The molecule has 0 aliphatic heterocycles. The van der Waals surface area contributed by atoms with Crippen LogP contribution in [0.1, 0.15) is 77.3 Å². The number of hydrogen-bond acceptors (Lipinski definition) is 2. The van der Waals surface area contributed by atoms with Crippen LogP contribution < -0.4 is 0 Å². The van der Waals surface area contributed by atoms with Crippen LogP contribution in [0.3, 0.4) is 0 Å². The Kier molecular flexibility index (Phi) is 5.72. The lowest BCUT2D eigenvalue weighted by atomic mass is 9.70. The highest BCUT2D eigenvalue weighted by atomic mass is 16.5. The summed E-state index contributed by atoms with van der Waals surface area (Å²) < 4.78 is 5.77. The number of carbonyl (C=O) groups is 1. The van der Waals surface area contributed by atoms with Crippen LogP contribution in [-0.2, 0) is 16.1 Å². The molecule has 0 heterocycles. The number of unbranched alkanes of at least 4 members (excludes halogenated alkanes) is 3. The molecule has 0 aromatic heterocycles. The molecule has 1 aromatic carbocycles. The minimum Gasteiger partial charge on any atom is -0.377 e. The van der Waals surface area contributed by atoms with Gasteiger partial charge in [-0.25, -0.2) is 0 Å². The van der Waals surface area contributed by atoms with Crippen molar-refractivity contribution < 1.29 is 9.53 Å². The van der Waals surface area contributed by atoms with E-state index in [4.69, 9.17) is 4.74 Å². The van der Waals surface area contributed by atoms with Gasteiger partial charge >= 0.3 is 0 Å². The standard InChI is InChI=1S/C24H34O2/c1-5-6-7-8-15-26-17-19-11-9-18(10-12-19)16-20-21-13-14-24(4,22(20)25)23(21,2)3/h9-12,16,21H,5-8,13-15,17H2,1-4H3/b20-16-. The van der Waals surface area contributed by atoms with Crippen LogP contribution in [0.5, 0.6) is 0 Å². The van der Waals surface area contributed by atoms with Crippen molar-refractivity contribution in [3.63, 3.8) is 0 Å². The molecule has 1 aromatic rings.